The molecular weight excluding hydrogens is 194 g/mol. The van der Waals surface area contributed by atoms with Crippen LogP contribution >= 0.6 is 0 Å². The van der Waals surface area contributed by atoms with Crippen molar-refractivity contribution >= 4 is 11.9 Å². The molecule has 0 unspecified atom stereocenters. The third kappa shape index (κ3) is 9.05. The number of carbonyl (C=O) groups is 2. The molecule has 0 atom stereocenters. The van der Waals surface area contributed by atoms with Crippen LogP contribution in [-0.4, -0.2) is 30.1 Å². The zero-order valence-corrected chi connectivity index (χ0v) is 10.1. The minimum atomic E-state index is -0.332. The van der Waals surface area contributed by atoms with Crippen LogP contribution in [0.2, 0.25) is 0 Å². The molecular formula is C10H21N3O2. The smallest absolute Gasteiger partial charge is 0.315 e. The molecule has 0 saturated carbocycles. The van der Waals surface area contributed by atoms with Crippen molar-refractivity contribution in [3.8, 4) is 0 Å². The lowest BCUT2D eigenvalue weighted by Gasteiger charge is -2.20. The van der Waals surface area contributed by atoms with Crippen LogP contribution in [0.25, 0.3) is 0 Å². The Bertz CT molecular complexity index is 231. The van der Waals surface area contributed by atoms with E-state index in [2.05, 4.69) is 16.0 Å². The van der Waals surface area contributed by atoms with Crippen molar-refractivity contribution in [2.45, 2.75) is 46.2 Å². The summed E-state index contributed by atoms with van der Waals surface area (Å²) in [6, 6.07) is -0.244. The minimum absolute atomic E-state index is 0.0000926. The summed E-state index contributed by atoms with van der Waals surface area (Å²) in [6.07, 6.45) is 0. The first-order valence-electron chi connectivity index (χ1n) is 5.06. The number of hydrogen-bond acceptors (Lipinski definition) is 2. The van der Waals surface area contributed by atoms with Crippen LogP contribution in [0.4, 0.5) is 4.79 Å². The van der Waals surface area contributed by atoms with E-state index in [1.807, 2.05) is 34.6 Å². The fraction of sp³-hybridized carbons (Fsp3) is 0.800. The van der Waals surface area contributed by atoms with Gasteiger partial charge in [-0.3, -0.25) is 4.79 Å². The van der Waals surface area contributed by atoms with Crippen LogP contribution in [-0.2, 0) is 4.79 Å². The second-order valence-corrected chi connectivity index (χ2v) is 4.78. The molecule has 15 heavy (non-hydrogen) atoms. The molecule has 0 radical (unpaired) electrons. The molecule has 3 amide bonds. The average Bonchev–Trinajstić information content (AvgIpc) is 1.96. The highest BCUT2D eigenvalue weighted by Crippen LogP contribution is 1.96. The monoisotopic (exact) mass is 215 g/mol. The van der Waals surface area contributed by atoms with Gasteiger partial charge in [-0.15, -0.1) is 0 Å². The fourth-order valence-electron chi connectivity index (χ4n) is 0.918. The summed E-state index contributed by atoms with van der Waals surface area (Å²) in [6.45, 7) is 9.36. The minimum Gasteiger partial charge on any atom is -0.352 e. The maximum absolute atomic E-state index is 11.2. The highest BCUT2D eigenvalue weighted by Gasteiger charge is 2.13. The van der Waals surface area contributed by atoms with Crippen molar-refractivity contribution in [3.05, 3.63) is 0 Å². The number of urea groups is 1. The molecule has 5 nitrogen and oxygen atoms in total. The summed E-state index contributed by atoms with van der Waals surface area (Å²) in [4.78, 5) is 22.4. The first-order valence-corrected chi connectivity index (χ1v) is 5.06. The van der Waals surface area contributed by atoms with Gasteiger partial charge in [0, 0.05) is 11.6 Å². The van der Waals surface area contributed by atoms with Gasteiger partial charge in [0.15, 0.2) is 0 Å². The normalized spacial score (nSPS) is 11.1. The van der Waals surface area contributed by atoms with E-state index in [1.165, 1.54) is 0 Å². The highest BCUT2D eigenvalue weighted by molar-refractivity contribution is 5.84. The Morgan fingerprint density at radius 1 is 1.20 bits per heavy atom. The van der Waals surface area contributed by atoms with Gasteiger partial charge in [-0.05, 0) is 34.6 Å². The Balaban J connectivity index is 3.77. The summed E-state index contributed by atoms with van der Waals surface area (Å²) in [5.74, 6) is -0.186. The average molecular weight is 215 g/mol. The molecule has 0 spiro atoms. The number of rotatable bonds is 3. The van der Waals surface area contributed by atoms with Crippen molar-refractivity contribution in [2.75, 3.05) is 6.54 Å². The van der Waals surface area contributed by atoms with Gasteiger partial charge in [-0.1, -0.05) is 0 Å². The van der Waals surface area contributed by atoms with E-state index < -0.39 is 0 Å². The Morgan fingerprint density at radius 2 is 1.73 bits per heavy atom. The second-order valence-electron chi connectivity index (χ2n) is 4.78. The molecule has 88 valence electrons. The van der Waals surface area contributed by atoms with E-state index >= 15 is 0 Å². The van der Waals surface area contributed by atoms with E-state index in [1.54, 1.807) is 0 Å². The number of amides is 3. The lowest BCUT2D eigenvalue weighted by Crippen LogP contribution is -2.49. The molecule has 3 N–H and O–H groups in total. The van der Waals surface area contributed by atoms with Crippen molar-refractivity contribution in [1.29, 1.82) is 0 Å². The van der Waals surface area contributed by atoms with Gasteiger partial charge in [-0.2, -0.15) is 0 Å². The summed E-state index contributed by atoms with van der Waals surface area (Å²) in [7, 11) is 0. The van der Waals surface area contributed by atoms with E-state index in [0.717, 1.165) is 0 Å². The zero-order chi connectivity index (χ0) is 12.1. The number of carbonyl (C=O) groups excluding carboxylic acids is 2. The molecule has 0 aromatic heterocycles. The highest BCUT2D eigenvalue weighted by atomic mass is 16.2. The molecule has 5 heteroatoms. The van der Waals surface area contributed by atoms with Crippen molar-refractivity contribution in [3.63, 3.8) is 0 Å². The predicted octanol–water partition coefficient (Wildman–Crippen LogP) is 0.609. The number of hydrogen-bond donors (Lipinski definition) is 3. The molecule has 0 aliphatic rings. The molecule has 0 rings (SSSR count). The third-order valence-electron chi connectivity index (χ3n) is 1.35. The Hall–Kier alpha value is -1.26. The molecule has 0 aromatic rings. The molecule has 0 bridgehead atoms. The molecule has 0 aliphatic heterocycles. The van der Waals surface area contributed by atoms with Crippen LogP contribution in [0.15, 0.2) is 0 Å². The molecule has 0 saturated heterocycles. The third-order valence-corrected chi connectivity index (χ3v) is 1.35. The summed E-state index contributed by atoms with van der Waals surface area (Å²) < 4.78 is 0. The maximum Gasteiger partial charge on any atom is 0.315 e. The van der Waals surface area contributed by atoms with Crippen LogP contribution in [0.3, 0.4) is 0 Å². The second kappa shape index (κ2) is 5.58. The van der Waals surface area contributed by atoms with Crippen molar-refractivity contribution in [2.24, 2.45) is 0 Å². The SMILES string of the molecule is CC(C)NC(=O)CNC(=O)NC(C)(C)C. The van der Waals surface area contributed by atoms with Crippen molar-refractivity contribution < 1.29 is 9.59 Å². The Kier molecular flexibility index (Phi) is 5.11. The van der Waals surface area contributed by atoms with E-state index in [9.17, 15) is 9.59 Å². The zero-order valence-electron chi connectivity index (χ0n) is 10.1. The first kappa shape index (κ1) is 13.7. The Labute approximate surface area is 91.0 Å². The van der Waals surface area contributed by atoms with Crippen LogP contribution < -0.4 is 16.0 Å². The van der Waals surface area contributed by atoms with Gasteiger partial charge < -0.3 is 16.0 Å². The molecule has 0 fully saturated rings. The fourth-order valence-corrected chi connectivity index (χ4v) is 0.918. The van der Waals surface area contributed by atoms with Gasteiger partial charge in [0.25, 0.3) is 0 Å². The van der Waals surface area contributed by atoms with Gasteiger partial charge in [0.1, 0.15) is 0 Å². The standard InChI is InChI=1S/C10H21N3O2/c1-7(2)12-8(14)6-11-9(15)13-10(3,4)5/h7H,6H2,1-5H3,(H,12,14)(H2,11,13,15). The van der Waals surface area contributed by atoms with Gasteiger partial charge in [-0.25, -0.2) is 4.79 Å². The van der Waals surface area contributed by atoms with E-state index in [4.69, 9.17) is 0 Å². The largest absolute Gasteiger partial charge is 0.352 e. The van der Waals surface area contributed by atoms with Crippen LogP contribution in [0.1, 0.15) is 34.6 Å². The lowest BCUT2D eigenvalue weighted by molar-refractivity contribution is -0.120. The van der Waals surface area contributed by atoms with Gasteiger partial charge >= 0.3 is 6.03 Å². The van der Waals surface area contributed by atoms with Crippen molar-refractivity contribution in [1.82, 2.24) is 16.0 Å². The quantitative estimate of drug-likeness (QED) is 0.645. The Morgan fingerprint density at radius 3 is 2.13 bits per heavy atom. The number of nitrogens with one attached hydrogen (secondary N) is 3. The van der Waals surface area contributed by atoms with Gasteiger partial charge in [0.2, 0.25) is 5.91 Å². The summed E-state index contributed by atoms with van der Waals surface area (Å²) >= 11 is 0. The van der Waals surface area contributed by atoms with E-state index in [0.29, 0.717) is 0 Å². The van der Waals surface area contributed by atoms with Crippen LogP contribution in [0.5, 0.6) is 0 Å². The first-order chi connectivity index (χ1) is 6.70. The summed E-state index contributed by atoms with van der Waals surface area (Å²) in [5.41, 5.74) is -0.293. The predicted molar refractivity (Wildman–Crippen MR) is 59.6 cm³/mol. The molecule has 0 aromatic carbocycles. The molecule has 0 heterocycles. The molecule has 0 aliphatic carbocycles. The topological polar surface area (TPSA) is 70.2 Å². The summed E-state index contributed by atoms with van der Waals surface area (Å²) in [5, 5.41) is 7.86. The van der Waals surface area contributed by atoms with Gasteiger partial charge in [0.05, 0.1) is 6.54 Å². The van der Waals surface area contributed by atoms with Crippen LogP contribution in [0, 0.1) is 0 Å². The van der Waals surface area contributed by atoms with E-state index in [-0.39, 0.29) is 30.1 Å². The maximum atomic E-state index is 11.2. The lowest BCUT2D eigenvalue weighted by atomic mass is 10.1.